The largest absolute Gasteiger partial charge is 0.372 e. The number of amides is 1. The molecule has 7 heteroatoms. The summed E-state index contributed by atoms with van der Waals surface area (Å²) in [4.78, 5) is 18.4. The first-order valence-electron chi connectivity index (χ1n) is 10.3. The third-order valence-corrected chi connectivity index (χ3v) is 6.91. The fraction of sp³-hybridized carbons (Fsp3) is 0.391. The molecule has 5 nitrogen and oxygen atoms in total. The summed E-state index contributed by atoms with van der Waals surface area (Å²) < 4.78 is 0. The fourth-order valence-corrected chi connectivity index (χ4v) is 4.65. The minimum atomic E-state index is -0.0714. The smallest absolute Gasteiger partial charge is 0.241 e. The number of benzene rings is 1. The molecule has 162 valence electrons. The maximum Gasteiger partial charge on any atom is 0.241 e. The predicted molar refractivity (Wildman–Crippen MR) is 136 cm³/mol. The second-order valence-electron chi connectivity index (χ2n) is 6.76. The quantitative estimate of drug-likeness (QED) is 0.209. The van der Waals surface area contributed by atoms with Gasteiger partial charge < -0.3 is 16.0 Å². The van der Waals surface area contributed by atoms with Crippen molar-refractivity contribution in [2.75, 3.05) is 49.1 Å². The number of carbonyl (C=O) groups excluding carboxylic acids is 1. The highest BCUT2D eigenvalue weighted by Gasteiger charge is 2.11. The predicted octanol–water partition coefficient (Wildman–Crippen LogP) is 3.94. The van der Waals surface area contributed by atoms with Gasteiger partial charge in [-0.05, 0) is 42.2 Å². The average Bonchev–Trinajstić information content (AvgIpc) is 3.31. The van der Waals surface area contributed by atoms with E-state index in [0.717, 1.165) is 35.7 Å². The second-order valence-corrected chi connectivity index (χ2v) is 9.46. The molecule has 1 aromatic rings. The van der Waals surface area contributed by atoms with Crippen LogP contribution in [0.3, 0.4) is 0 Å². The molecule has 0 spiro atoms. The Morgan fingerprint density at radius 1 is 1.20 bits per heavy atom. The van der Waals surface area contributed by atoms with Crippen LogP contribution in [0.5, 0.6) is 0 Å². The molecule has 1 saturated heterocycles. The summed E-state index contributed by atoms with van der Waals surface area (Å²) in [7, 11) is 3.44. The van der Waals surface area contributed by atoms with Gasteiger partial charge >= 0.3 is 0 Å². The van der Waals surface area contributed by atoms with Crippen LogP contribution in [0.1, 0.15) is 18.4 Å². The molecule has 2 rings (SSSR count). The minimum absolute atomic E-state index is 0.0714. The summed E-state index contributed by atoms with van der Waals surface area (Å²) >= 11 is 0. The Hall–Kier alpha value is -1.96. The van der Waals surface area contributed by atoms with Gasteiger partial charge in [-0.2, -0.15) is 0 Å². The van der Waals surface area contributed by atoms with E-state index >= 15 is 0 Å². The number of nitrogens with zero attached hydrogens (tertiary/aromatic N) is 2. The number of nitrogens with one attached hydrogen (secondary N) is 1. The van der Waals surface area contributed by atoms with Gasteiger partial charge in [-0.15, -0.1) is 0 Å². The van der Waals surface area contributed by atoms with E-state index in [1.165, 1.54) is 18.5 Å². The van der Waals surface area contributed by atoms with Gasteiger partial charge in [0, 0.05) is 49.6 Å². The van der Waals surface area contributed by atoms with Gasteiger partial charge in [0.1, 0.15) is 6.54 Å². The molecule has 0 saturated carbocycles. The molecule has 3 N–H and O–H groups in total. The van der Waals surface area contributed by atoms with Crippen LogP contribution >= 0.6 is 21.6 Å². The van der Waals surface area contributed by atoms with Crippen LogP contribution < -0.4 is 16.0 Å². The molecule has 30 heavy (non-hydrogen) atoms. The monoisotopic (exact) mass is 444 g/mol. The lowest BCUT2D eigenvalue weighted by molar-refractivity contribution is -0.119. The van der Waals surface area contributed by atoms with Gasteiger partial charge in [0.2, 0.25) is 5.91 Å². The summed E-state index contributed by atoms with van der Waals surface area (Å²) in [6.45, 7) is 7.61. The lowest BCUT2D eigenvalue weighted by Crippen LogP contribution is -2.27. The maximum atomic E-state index is 11.8. The minimum Gasteiger partial charge on any atom is -0.372 e. The molecule has 0 bridgehead atoms. The van der Waals surface area contributed by atoms with Crippen LogP contribution in [-0.2, 0) is 4.79 Å². The molecule has 1 aliphatic rings. The number of carbonyl (C=O) groups is 1. The van der Waals surface area contributed by atoms with Gasteiger partial charge in [0.25, 0.3) is 0 Å². The van der Waals surface area contributed by atoms with Crippen LogP contribution in [0, 0.1) is 0 Å². The fourth-order valence-electron chi connectivity index (χ4n) is 2.88. The van der Waals surface area contributed by atoms with Crippen molar-refractivity contribution in [2.24, 2.45) is 10.7 Å². The number of rotatable bonds is 13. The first-order chi connectivity index (χ1) is 14.7. The molecule has 1 fully saturated rings. The Morgan fingerprint density at radius 2 is 1.93 bits per heavy atom. The van der Waals surface area contributed by atoms with E-state index in [0.29, 0.717) is 13.1 Å². The van der Waals surface area contributed by atoms with Crippen LogP contribution in [-0.4, -0.2) is 56.4 Å². The van der Waals surface area contributed by atoms with Gasteiger partial charge in [-0.25, -0.2) is 0 Å². The van der Waals surface area contributed by atoms with E-state index in [1.807, 2.05) is 12.2 Å². The zero-order valence-corrected chi connectivity index (χ0v) is 19.1. The number of hydrogen-bond acceptors (Lipinski definition) is 6. The number of hydrogen-bond donors (Lipinski definition) is 2. The summed E-state index contributed by atoms with van der Waals surface area (Å²) in [5.41, 5.74) is 8.81. The molecule has 0 radical (unpaired) electrons. The summed E-state index contributed by atoms with van der Waals surface area (Å²) in [6.07, 6.45) is 11.9. The summed E-state index contributed by atoms with van der Waals surface area (Å²) in [5.74, 6) is 1.72. The van der Waals surface area contributed by atoms with Crippen molar-refractivity contribution in [3.63, 3.8) is 0 Å². The van der Waals surface area contributed by atoms with E-state index in [9.17, 15) is 4.79 Å². The van der Waals surface area contributed by atoms with Crippen molar-refractivity contribution in [3.05, 3.63) is 60.2 Å². The van der Waals surface area contributed by atoms with Crippen molar-refractivity contribution in [2.45, 2.75) is 12.8 Å². The highest BCUT2D eigenvalue weighted by atomic mass is 33.1. The van der Waals surface area contributed by atoms with E-state index < -0.39 is 0 Å². The average molecular weight is 445 g/mol. The molecule has 1 heterocycles. The highest BCUT2D eigenvalue weighted by Crippen LogP contribution is 2.21. The molecular weight excluding hydrogens is 412 g/mol. The topological polar surface area (TPSA) is 70.7 Å². The number of anilines is 1. The molecular formula is C23H32N4OS2. The van der Waals surface area contributed by atoms with Crippen LogP contribution in [0.4, 0.5) is 5.69 Å². The number of nitrogens with two attached hydrogens (primary N) is 1. The summed E-state index contributed by atoms with van der Waals surface area (Å²) in [5, 5.41) is 2.86. The molecule has 1 amide bonds. The van der Waals surface area contributed by atoms with Crippen molar-refractivity contribution >= 4 is 45.5 Å². The van der Waals surface area contributed by atoms with Crippen molar-refractivity contribution < 1.29 is 4.79 Å². The zero-order chi connectivity index (χ0) is 21.4. The Morgan fingerprint density at radius 3 is 2.63 bits per heavy atom. The van der Waals surface area contributed by atoms with Crippen LogP contribution in [0.2, 0.25) is 0 Å². The van der Waals surface area contributed by atoms with E-state index in [4.69, 9.17) is 5.73 Å². The second kappa shape index (κ2) is 14.9. The molecule has 0 unspecified atom stereocenters. The van der Waals surface area contributed by atoms with E-state index in [2.05, 4.69) is 52.1 Å². The van der Waals surface area contributed by atoms with E-state index in [1.54, 1.807) is 33.9 Å². The SMILES string of the molecule is C=CC(/C=C/c1ccc(N2CCCC2)cc1)=C\C=NCC(=O)NCCSSCCN. The van der Waals surface area contributed by atoms with Gasteiger partial charge in [-0.3, -0.25) is 9.79 Å². The normalized spacial score (nSPS) is 14.7. The maximum absolute atomic E-state index is 11.8. The van der Waals surface area contributed by atoms with Crippen molar-refractivity contribution in [3.8, 4) is 0 Å². The Bertz CT molecular complexity index is 738. The van der Waals surface area contributed by atoms with Crippen LogP contribution in [0.25, 0.3) is 6.08 Å². The lowest BCUT2D eigenvalue weighted by atomic mass is 10.1. The molecule has 0 aromatic heterocycles. The molecule has 1 aliphatic heterocycles. The molecule has 1 aromatic carbocycles. The van der Waals surface area contributed by atoms with Gasteiger partial charge in [-0.1, -0.05) is 58.5 Å². The van der Waals surface area contributed by atoms with Crippen molar-refractivity contribution in [1.82, 2.24) is 5.32 Å². The van der Waals surface area contributed by atoms with Crippen molar-refractivity contribution in [1.29, 1.82) is 0 Å². The summed E-state index contributed by atoms with van der Waals surface area (Å²) in [6, 6.07) is 8.63. The molecule has 0 atom stereocenters. The Labute approximate surface area is 188 Å². The van der Waals surface area contributed by atoms with E-state index in [-0.39, 0.29) is 12.5 Å². The first-order valence-corrected chi connectivity index (χ1v) is 12.8. The molecule has 0 aliphatic carbocycles. The van der Waals surface area contributed by atoms with Crippen LogP contribution in [0.15, 0.2) is 59.6 Å². The highest BCUT2D eigenvalue weighted by molar-refractivity contribution is 8.76. The third kappa shape index (κ3) is 9.69. The lowest BCUT2D eigenvalue weighted by Gasteiger charge is -2.17. The van der Waals surface area contributed by atoms with Gasteiger partial charge in [0.05, 0.1) is 0 Å². The van der Waals surface area contributed by atoms with Gasteiger partial charge in [0.15, 0.2) is 0 Å². The Kier molecular flexibility index (Phi) is 12.1. The first kappa shape index (κ1) is 24.3. The Balaban J connectivity index is 1.72. The standard InChI is InChI=1S/C23H32N4OS2/c1-2-20(11-13-25-19-23(28)26-14-18-30-29-17-12-24)5-6-21-7-9-22(10-8-21)27-15-3-4-16-27/h2,5-11,13H,1,3-4,12,14-19,24H2,(H,26,28)/b6-5+,20-11+,25-13?. The zero-order valence-electron chi connectivity index (χ0n) is 17.5. The number of allylic oxidation sites excluding steroid dienone is 4. The number of aliphatic imine (C=N–C) groups is 1. The third-order valence-electron chi connectivity index (χ3n) is 4.47.